The fraction of sp³-hybridized carbons (Fsp3) is 0.300. The smallest absolute Gasteiger partial charge is 0.416 e. The number of hydrogen-bond acceptors (Lipinski definition) is 7. The molecular weight excluding hydrogens is 449 g/mol. The highest BCUT2D eigenvalue weighted by molar-refractivity contribution is 7.20. The maximum atomic E-state index is 13.2. The Morgan fingerprint density at radius 2 is 1.84 bits per heavy atom. The molecule has 2 amide bonds. The summed E-state index contributed by atoms with van der Waals surface area (Å²) in [5.41, 5.74) is -0.601. The Morgan fingerprint density at radius 3 is 2.44 bits per heavy atom. The summed E-state index contributed by atoms with van der Waals surface area (Å²) >= 11 is 1.04. The minimum atomic E-state index is -4.62. The molecule has 0 aliphatic rings. The molecule has 3 rings (SSSR count). The van der Waals surface area contributed by atoms with Gasteiger partial charge in [0, 0.05) is 14.0 Å². The number of rotatable bonds is 6. The number of alkyl halides is 3. The van der Waals surface area contributed by atoms with E-state index in [9.17, 15) is 22.8 Å². The molecule has 3 aromatic rings. The molecule has 0 atom stereocenters. The molecule has 0 saturated heterocycles. The molecule has 0 spiro atoms. The Labute approximate surface area is 184 Å². The van der Waals surface area contributed by atoms with Crippen LogP contribution in [0.1, 0.15) is 33.5 Å². The second-order valence-electron chi connectivity index (χ2n) is 6.71. The first-order chi connectivity index (χ1) is 15.0. The summed E-state index contributed by atoms with van der Waals surface area (Å²) in [6, 6.07) is 2.68. The van der Waals surface area contributed by atoms with Crippen molar-refractivity contribution in [1.29, 1.82) is 0 Å². The molecule has 0 bridgehead atoms. The van der Waals surface area contributed by atoms with Crippen LogP contribution in [0.5, 0.6) is 5.88 Å². The molecule has 12 heteroatoms. The van der Waals surface area contributed by atoms with Gasteiger partial charge in [0.15, 0.2) is 5.82 Å². The second-order valence-corrected chi connectivity index (χ2v) is 7.71. The number of methoxy groups -OCH3 is 2. The number of amides is 2. The first-order valence-electron chi connectivity index (χ1n) is 9.18. The Morgan fingerprint density at radius 1 is 1.12 bits per heavy atom. The molecule has 0 radical (unpaired) electrons. The molecule has 0 aliphatic carbocycles. The Kier molecular flexibility index (Phi) is 6.65. The van der Waals surface area contributed by atoms with Crippen molar-refractivity contribution in [2.75, 3.05) is 24.9 Å². The SMILES string of the molecule is COCc1nc(OC)c2c(C)c(C(=O)Nc3cc(C(F)(F)F)ccc3NC(C)=O)sc2n1. The van der Waals surface area contributed by atoms with E-state index in [1.54, 1.807) is 6.92 Å². The molecule has 0 saturated carbocycles. The molecule has 2 heterocycles. The van der Waals surface area contributed by atoms with Crippen LogP contribution in [0.25, 0.3) is 10.2 Å². The average molecular weight is 468 g/mol. The molecular formula is C20H19F3N4O4S. The molecule has 0 aliphatic heterocycles. The number of nitrogens with zero attached hydrogens (tertiary/aromatic N) is 2. The lowest BCUT2D eigenvalue weighted by Gasteiger charge is -2.14. The van der Waals surface area contributed by atoms with Crippen LogP contribution in [-0.4, -0.2) is 36.0 Å². The zero-order valence-electron chi connectivity index (χ0n) is 17.5. The van der Waals surface area contributed by atoms with E-state index < -0.39 is 23.6 Å². The summed E-state index contributed by atoms with van der Waals surface area (Å²) in [6.45, 7) is 3.01. The van der Waals surface area contributed by atoms with Crippen LogP contribution in [0, 0.1) is 6.92 Å². The fourth-order valence-corrected chi connectivity index (χ4v) is 4.09. The summed E-state index contributed by atoms with van der Waals surface area (Å²) in [4.78, 5) is 33.8. The van der Waals surface area contributed by atoms with Crippen LogP contribution in [0.4, 0.5) is 24.5 Å². The van der Waals surface area contributed by atoms with Crippen molar-refractivity contribution in [2.24, 2.45) is 0 Å². The van der Waals surface area contributed by atoms with Crippen molar-refractivity contribution in [3.8, 4) is 5.88 Å². The number of anilines is 2. The molecule has 2 aromatic heterocycles. The number of halogens is 3. The molecule has 8 nitrogen and oxygen atoms in total. The Balaban J connectivity index is 2.04. The van der Waals surface area contributed by atoms with Crippen molar-refractivity contribution in [2.45, 2.75) is 26.6 Å². The van der Waals surface area contributed by atoms with Gasteiger partial charge in [-0.3, -0.25) is 9.59 Å². The number of aryl methyl sites for hydroxylation is 1. The number of nitrogens with one attached hydrogen (secondary N) is 2. The predicted octanol–water partition coefficient (Wildman–Crippen LogP) is 4.38. The topological polar surface area (TPSA) is 102 Å². The number of benzene rings is 1. The molecule has 170 valence electrons. The molecule has 32 heavy (non-hydrogen) atoms. The molecule has 1 aromatic carbocycles. The number of carbonyl (C=O) groups is 2. The van der Waals surface area contributed by atoms with Crippen LogP contribution in [0.3, 0.4) is 0 Å². The Bertz CT molecular complexity index is 1190. The van der Waals surface area contributed by atoms with Gasteiger partial charge in [-0.25, -0.2) is 4.98 Å². The number of carbonyl (C=O) groups excluding carboxylic acids is 2. The lowest BCUT2D eigenvalue weighted by atomic mass is 10.1. The van der Waals surface area contributed by atoms with Gasteiger partial charge in [0.2, 0.25) is 11.8 Å². The van der Waals surface area contributed by atoms with Crippen molar-refractivity contribution in [1.82, 2.24) is 9.97 Å². The van der Waals surface area contributed by atoms with E-state index >= 15 is 0 Å². The third kappa shape index (κ3) is 4.81. The summed E-state index contributed by atoms with van der Waals surface area (Å²) in [5.74, 6) is -0.542. The summed E-state index contributed by atoms with van der Waals surface area (Å²) in [5, 5.41) is 5.40. The lowest BCUT2D eigenvalue weighted by molar-refractivity contribution is -0.137. The first-order valence-corrected chi connectivity index (χ1v) is 10.00. The average Bonchev–Trinajstić information content (AvgIpc) is 3.04. The van der Waals surface area contributed by atoms with Gasteiger partial charge in [-0.15, -0.1) is 11.3 Å². The summed E-state index contributed by atoms with van der Waals surface area (Å²) in [6.07, 6.45) is -4.62. The first kappa shape index (κ1) is 23.4. The van der Waals surface area contributed by atoms with Gasteiger partial charge in [-0.2, -0.15) is 18.2 Å². The Hall–Kier alpha value is -3.25. The normalized spacial score (nSPS) is 11.5. The van der Waals surface area contributed by atoms with E-state index in [4.69, 9.17) is 9.47 Å². The van der Waals surface area contributed by atoms with E-state index in [-0.39, 0.29) is 28.7 Å². The zero-order chi connectivity index (χ0) is 23.6. The van der Waals surface area contributed by atoms with Crippen LogP contribution in [0.15, 0.2) is 18.2 Å². The van der Waals surface area contributed by atoms with E-state index in [0.717, 1.165) is 29.5 Å². The minimum Gasteiger partial charge on any atom is -0.480 e. The standard InChI is InChI=1S/C20H19F3N4O4S/c1-9-15-18(31-4)26-14(8-30-3)27-19(15)32-16(9)17(29)25-13-7-11(20(21,22)23)5-6-12(13)24-10(2)28/h5-7H,8H2,1-4H3,(H,24,28)(H,25,29). The van der Waals surface area contributed by atoms with Crippen LogP contribution in [-0.2, 0) is 22.3 Å². The van der Waals surface area contributed by atoms with E-state index in [1.165, 1.54) is 21.1 Å². The van der Waals surface area contributed by atoms with Gasteiger partial charge in [-0.1, -0.05) is 0 Å². The van der Waals surface area contributed by atoms with Gasteiger partial charge in [0.1, 0.15) is 11.4 Å². The van der Waals surface area contributed by atoms with Crippen molar-refractivity contribution in [3.63, 3.8) is 0 Å². The van der Waals surface area contributed by atoms with Crippen molar-refractivity contribution < 1.29 is 32.2 Å². The highest BCUT2D eigenvalue weighted by Crippen LogP contribution is 2.37. The van der Waals surface area contributed by atoms with Gasteiger partial charge in [0.05, 0.1) is 34.3 Å². The van der Waals surface area contributed by atoms with Gasteiger partial charge >= 0.3 is 6.18 Å². The van der Waals surface area contributed by atoms with Crippen molar-refractivity contribution >= 4 is 44.7 Å². The quantitative estimate of drug-likeness (QED) is 0.557. The fourth-order valence-electron chi connectivity index (χ4n) is 3.00. The maximum Gasteiger partial charge on any atom is 0.416 e. The molecule has 0 unspecified atom stereocenters. The third-order valence-corrected chi connectivity index (χ3v) is 5.57. The van der Waals surface area contributed by atoms with Crippen molar-refractivity contribution in [3.05, 3.63) is 40.0 Å². The number of fused-ring (bicyclic) bond motifs is 1. The predicted molar refractivity (Wildman–Crippen MR) is 113 cm³/mol. The van der Waals surface area contributed by atoms with E-state index in [0.29, 0.717) is 21.6 Å². The number of hydrogen-bond donors (Lipinski definition) is 2. The van der Waals surface area contributed by atoms with E-state index in [1.807, 2.05) is 0 Å². The second kappa shape index (κ2) is 9.09. The summed E-state index contributed by atoms with van der Waals surface area (Å²) < 4.78 is 49.9. The maximum absolute atomic E-state index is 13.2. The summed E-state index contributed by atoms with van der Waals surface area (Å²) in [7, 11) is 2.91. The minimum absolute atomic E-state index is 0.0392. The third-order valence-electron chi connectivity index (χ3n) is 4.38. The van der Waals surface area contributed by atoms with Gasteiger partial charge in [0.25, 0.3) is 5.91 Å². The van der Waals surface area contributed by atoms with Crippen LogP contribution < -0.4 is 15.4 Å². The van der Waals surface area contributed by atoms with Crippen LogP contribution >= 0.6 is 11.3 Å². The lowest BCUT2D eigenvalue weighted by Crippen LogP contribution is -2.16. The highest BCUT2D eigenvalue weighted by atomic mass is 32.1. The molecule has 2 N–H and O–H groups in total. The van der Waals surface area contributed by atoms with Gasteiger partial charge in [-0.05, 0) is 30.7 Å². The largest absolute Gasteiger partial charge is 0.480 e. The highest BCUT2D eigenvalue weighted by Gasteiger charge is 2.31. The van der Waals surface area contributed by atoms with Crippen LogP contribution in [0.2, 0.25) is 0 Å². The number of ether oxygens (including phenoxy) is 2. The monoisotopic (exact) mass is 468 g/mol. The molecule has 0 fully saturated rings. The number of thiophene rings is 1. The zero-order valence-corrected chi connectivity index (χ0v) is 18.3. The number of aromatic nitrogens is 2. The van der Waals surface area contributed by atoms with Gasteiger partial charge < -0.3 is 20.1 Å². The van der Waals surface area contributed by atoms with E-state index in [2.05, 4.69) is 20.6 Å².